The number of anilines is 1. The molecular formula is C22H29N3O4S. The van der Waals surface area contributed by atoms with Crippen molar-refractivity contribution in [2.45, 2.75) is 34.6 Å². The van der Waals surface area contributed by atoms with E-state index < -0.39 is 0 Å². The van der Waals surface area contributed by atoms with E-state index in [4.69, 9.17) is 26.4 Å². The van der Waals surface area contributed by atoms with Gasteiger partial charge in [-0.1, -0.05) is 12.1 Å². The van der Waals surface area contributed by atoms with Gasteiger partial charge in [0.2, 0.25) is 5.75 Å². The van der Waals surface area contributed by atoms with Crippen LogP contribution in [0.1, 0.15) is 42.3 Å². The molecule has 0 fully saturated rings. The van der Waals surface area contributed by atoms with Gasteiger partial charge in [-0.05, 0) is 76.2 Å². The minimum absolute atomic E-state index is 0.276. The van der Waals surface area contributed by atoms with Gasteiger partial charge in [0, 0.05) is 11.3 Å². The Morgan fingerprint density at radius 2 is 1.50 bits per heavy atom. The summed E-state index contributed by atoms with van der Waals surface area (Å²) in [7, 11) is 0. The monoisotopic (exact) mass is 431 g/mol. The van der Waals surface area contributed by atoms with E-state index in [0.717, 1.165) is 16.8 Å². The maximum absolute atomic E-state index is 12.7. The van der Waals surface area contributed by atoms with Crippen LogP contribution in [0.2, 0.25) is 0 Å². The van der Waals surface area contributed by atoms with Crippen LogP contribution in [0.5, 0.6) is 17.2 Å². The number of nitrogens with one attached hydrogen (secondary N) is 3. The number of hydrogen-bond donors (Lipinski definition) is 3. The van der Waals surface area contributed by atoms with E-state index in [9.17, 15) is 4.79 Å². The van der Waals surface area contributed by atoms with Gasteiger partial charge in [-0.2, -0.15) is 0 Å². The average molecular weight is 432 g/mol. The van der Waals surface area contributed by atoms with Crippen molar-refractivity contribution in [2.24, 2.45) is 0 Å². The third kappa shape index (κ3) is 6.25. The highest BCUT2D eigenvalue weighted by atomic mass is 32.1. The lowest BCUT2D eigenvalue weighted by atomic mass is 10.1. The number of ether oxygens (including phenoxy) is 3. The predicted octanol–water partition coefficient (Wildman–Crippen LogP) is 4.13. The van der Waals surface area contributed by atoms with Crippen molar-refractivity contribution in [3.63, 3.8) is 0 Å². The Hall–Kier alpha value is -3.00. The Labute approximate surface area is 183 Å². The lowest BCUT2D eigenvalue weighted by Gasteiger charge is -2.17. The molecule has 0 atom stereocenters. The van der Waals surface area contributed by atoms with Gasteiger partial charge in [0.05, 0.1) is 19.8 Å². The number of hydrogen-bond acceptors (Lipinski definition) is 5. The van der Waals surface area contributed by atoms with E-state index in [1.54, 1.807) is 12.1 Å². The molecule has 2 aromatic rings. The van der Waals surface area contributed by atoms with Crippen LogP contribution in [0.3, 0.4) is 0 Å². The first-order chi connectivity index (χ1) is 14.4. The number of hydrazine groups is 1. The molecule has 0 aliphatic heterocycles. The largest absolute Gasteiger partial charge is 0.490 e. The maximum Gasteiger partial charge on any atom is 0.269 e. The normalized spacial score (nSPS) is 10.2. The van der Waals surface area contributed by atoms with E-state index in [2.05, 4.69) is 16.2 Å². The smallest absolute Gasteiger partial charge is 0.269 e. The predicted molar refractivity (Wildman–Crippen MR) is 123 cm³/mol. The van der Waals surface area contributed by atoms with Gasteiger partial charge in [-0.3, -0.25) is 15.6 Å². The van der Waals surface area contributed by atoms with Crippen LogP contribution < -0.4 is 30.4 Å². The van der Waals surface area contributed by atoms with Crippen molar-refractivity contribution in [3.8, 4) is 17.2 Å². The topological polar surface area (TPSA) is 80.9 Å². The molecule has 0 saturated carbocycles. The van der Waals surface area contributed by atoms with E-state index in [1.807, 2.05) is 52.8 Å². The van der Waals surface area contributed by atoms with E-state index >= 15 is 0 Å². The van der Waals surface area contributed by atoms with Crippen LogP contribution in [-0.4, -0.2) is 30.8 Å². The number of benzene rings is 2. The summed E-state index contributed by atoms with van der Waals surface area (Å²) in [4.78, 5) is 12.7. The Balaban J connectivity index is 2.13. The van der Waals surface area contributed by atoms with Gasteiger partial charge in [0.1, 0.15) is 0 Å². The zero-order valence-electron chi connectivity index (χ0n) is 18.0. The molecule has 30 heavy (non-hydrogen) atoms. The first kappa shape index (κ1) is 23.3. The summed E-state index contributed by atoms with van der Waals surface area (Å²) >= 11 is 5.29. The Morgan fingerprint density at radius 1 is 0.900 bits per heavy atom. The van der Waals surface area contributed by atoms with Gasteiger partial charge >= 0.3 is 0 Å². The number of thiocarbonyl (C=S) groups is 1. The van der Waals surface area contributed by atoms with E-state index in [0.29, 0.717) is 42.6 Å². The maximum atomic E-state index is 12.7. The summed E-state index contributed by atoms with van der Waals surface area (Å²) in [6, 6.07) is 9.25. The van der Waals surface area contributed by atoms with Crippen molar-refractivity contribution in [1.29, 1.82) is 0 Å². The van der Waals surface area contributed by atoms with Crippen LogP contribution in [0.4, 0.5) is 5.69 Å². The second kappa shape index (κ2) is 11.3. The molecule has 0 bridgehead atoms. The lowest BCUT2D eigenvalue weighted by molar-refractivity contribution is 0.0943. The molecule has 0 heterocycles. The summed E-state index contributed by atoms with van der Waals surface area (Å²) in [6.07, 6.45) is 0. The minimum Gasteiger partial charge on any atom is -0.490 e. The minimum atomic E-state index is -0.384. The molecule has 0 aliphatic rings. The highest BCUT2D eigenvalue weighted by molar-refractivity contribution is 7.80. The Bertz CT molecular complexity index is 875. The highest BCUT2D eigenvalue weighted by Crippen LogP contribution is 2.39. The number of aryl methyl sites for hydroxylation is 2. The Kier molecular flexibility index (Phi) is 8.73. The molecule has 0 unspecified atom stereocenters. The summed E-state index contributed by atoms with van der Waals surface area (Å²) in [5.74, 6) is 1.00. The second-order valence-corrected chi connectivity index (χ2v) is 6.86. The quantitative estimate of drug-likeness (QED) is 0.428. The first-order valence-corrected chi connectivity index (χ1v) is 10.3. The fourth-order valence-electron chi connectivity index (χ4n) is 2.73. The van der Waals surface area contributed by atoms with Crippen molar-refractivity contribution in [3.05, 3.63) is 47.0 Å². The molecule has 0 aliphatic carbocycles. The average Bonchev–Trinajstić information content (AvgIpc) is 2.71. The molecule has 162 valence electrons. The van der Waals surface area contributed by atoms with Crippen LogP contribution in [0, 0.1) is 13.8 Å². The van der Waals surface area contributed by atoms with Crippen molar-refractivity contribution in [1.82, 2.24) is 10.9 Å². The molecule has 7 nitrogen and oxygen atoms in total. The van der Waals surface area contributed by atoms with Gasteiger partial charge < -0.3 is 19.5 Å². The van der Waals surface area contributed by atoms with Crippen molar-refractivity contribution in [2.75, 3.05) is 25.1 Å². The lowest BCUT2D eigenvalue weighted by Crippen LogP contribution is -2.43. The van der Waals surface area contributed by atoms with Gasteiger partial charge in [-0.15, -0.1) is 0 Å². The van der Waals surface area contributed by atoms with Gasteiger partial charge in [0.25, 0.3) is 5.91 Å². The summed E-state index contributed by atoms with van der Waals surface area (Å²) < 4.78 is 17.0. The molecule has 0 saturated heterocycles. The molecule has 1 amide bonds. The first-order valence-electron chi connectivity index (χ1n) is 9.90. The fraction of sp³-hybridized carbons (Fsp3) is 0.364. The standard InChI is InChI=1S/C22H29N3O4S/c1-6-27-18-12-16(13-19(28-7-2)20(18)29-8-3)21(26)24-25-22(30)23-17-11-14(4)9-10-15(17)5/h9-13H,6-8H2,1-5H3,(H,24,26)(H2,23,25,30). The number of amides is 1. The van der Waals surface area contributed by atoms with Crippen LogP contribution >= 0.6 is 12.2 Å². The SMILES string of the molecule is CCOc1cc(C(=O)NNC(=S)Nc2cc(C)ccc2C)cc(OCC)c1OCC. The molecule has 0 radical (unpaired) electrons. The summed E-state index contributed by atoms with van der Waals surface area (Å²) in [5.41, 5.74) is 8.71. The van der Waals surface area contributed by atoms with Crippen LogP contribution in [-0.2, 0) is 0 Å². The van der Waals surface area contributed by atoms with E-state index in [-0.39, 0.29) is 11.0 Å². The number of carbonyl (C=O) groups is 1. The fourth-order valence-corrected chi connectivity index (χ4v) is 2.89. The van der Waals surface area contributed by atoms with Crippen molar-refractivity contribution < 1.29 is 19.0 Å². The Morgan fingerprint density at radius 3 is 2.07 bits per heavy atom. The van der Waals surface area contributed by atoms with E-state index in [1.165, 1.54) is 0 Å². The third-order valence-corrected chi connectivity index (χ3v) is 4.31. The molecule has 0 spiro atoms. The number of rotatable bonds is 8. The summed E-state index contributed by atoms with van der Waals surface area (Å²) in [6.45, 7) is 10.9. The molecular weight excluding hydrogens is 402 g/mol. The highest BCUT2D eigenvalue weighted by Gasteiger charge is 2.18. The molecule has 0 aromatic heterocycles. The molecule has 2 aromatic carbocycles. The van der Waals surface area contributed by atoms with Crippen molar-refractivity contribution >= 4 is 28.9 Å². The third-order valence-electron chi connectivity index (χ3n) is 4.10. The molecule has 2 rings (SSSR count). The van der Waals surface area contributed by atoms with Gasteiger partial charge in [0.15, 0.2) is 16.6 Å². The second-order valence-electron chi connectivity index (χ2n) is 6.45. The zero-order valence-corrected chi connectivity index (χ0v) is 18.9. The zero-order chi connectivity index (χ0) is 22.1. The molecule has 3 N–H and O–H groups in total. The number of carbonyl (C=O) groups excluding carboxylic acids is 1. The van der Waals surface area contributed by atoms with Crippen LogP contribution in [0.25, 0.3) is 0 Å². The van der Waals surface area contributed by atoms with Gasteiger partial charge in [-0.25, -0.2) is 0 Å². The van der Waals surface area contributed by atoms with Crippen LogP contribution in [0.15, 0.2) is 30.3 Å². The molecule has 8 heteroatoms. The summed E-state index contributed by atoms with van der Waals surface area (Å²) in [5, 5.41) is 3.36.